The number of carbonyl (C=O) groups is 1. The average molecular weight is 339 g/mol. The van der Waals surface area contributed by atoms with Gasteiger partial charge in [-0.2, -0.15) is 0 Å². The van der Waals surface area contributed by atoms with Gasteiger partial charge < -0.3 is 19.0 Å². The van der Waals surface area contributed by atoms with E-state index in [-0.39, 0.29) is 12.0 Å². The quantitative estimate of drug-likeness (QED) is 0.790. The maximum atomic E-state index is 12.8. The van der Waals surface area contributed by atoms with Crippen molar-refractivity contribution in [3.63, 3.8) is 0 Å². The third kappa shape index (κ3) is 3.02. The van der Waals surface area contributed by atoms with Crippen LogP contribution in [-0.2, 0) is 16.0 Å². The van der Waals surface area contributed by atoms with Crippen LogP contribution < -0.4 is 0 Å². The third-order valence-electron chi connectivity index (χ3n) is 4.59. The molecule has 1 aliphatic heterocycles. The van der Waals surface area contributed by atoms with Crippen molar-refractivity contribution in [1.82, 2.24) is 24.3 Å². The van der Waals surface area contributed by atoms with E-state index in [1.165, 1.54) is 0 Å². The molecule has 25 heavy (non-hydrogen) atoms. The molecule has 0 bridgehead atoms. The molecule has 130 valence electrons. The van der Waals surface area contributed by atoms with Gasteiger partial charge in [0.15, 0.2) is 0 Å². The number of aromatic nitrogens is 4. The van der Waals surface area contributed by atoms with Crippen molar-refractivity contribution in [3.05, 3.63) is 53.5 Å². The molecule has 0 spiro atoms. The van der Waals surface area contributed by atoms with Crippen molar-refractivity contribution in [1.29, 1.82) is 0 Å². The van der Waals surface area contributed by atoms with Crippen LogP contribution in [0, 0.1) is 13.8 Å². The van der Waals surface area contributed by atoms with Crippen LogP contribution in [0.3, 0.4) is 0 Å². The van der Waals surface area contributed by atoms with Crippen molar-refractivity contribution in [2.75, 3.05) is 19.7 Å². The zero-order chi connectivity index (χ0) is 17.4. The van der Waals surface area contributed by atoms with Gasteiger partial charge in [0.2, 0.25) is 5.91 Å². The van der Waals surface area contributed by atoms with Crippen molar-refractivity contribution in [2.45, 2.75) is 26.4 Å². The lowest BCUT2D eigenvalue weighted by atomic mass is 10.2. The molecule has 7 heteroatoms. The molecule has 7 nitrogen and oxygen atoms in total. The SMILES string of the molecule is Cc1cnc(C2CN(C(=O)Cc3c(C)nc4ccccn34)CCO2)[nH]1. The molecule has 1 unspecified atom stereocenters. The Hall–Kier alpha value is -2.67. The van der Waals surface area contributed by atoms with Gasteiger partial charge in [-0.1, -0.05) is 6.07 Å². The zero-order valence-corrected chi connectivity index (χ0v) is 14.4. The van der Waals surface area contributed by atoms with E-state index in [0.717, 1.165) is 28.6 Å². The number of aromatic amines is 1. The highest BCUT2D eigenvalue weighted by molar-refractivity contribution is 5.79. The number of H-pyrrole nitrogens is 1. The summed E-state index contributed by atoms with van der Waals surface area (Å²) in [6.45, 7) is 5.54. The number of amides is 1. The lowest BCUT2D eigenvalue weighted by molar-refractivity contribution is -0.138. The highest BCUT2D eigenvalue weighted by Gasteiger charge is 2.28. The normalized spacial score (nSPS) is 18.0. The Morgan fingerprint density at radius 3 is 3.08 bits per heavy atom. The lowest BCUT2D eigenvalue weighted by Gasteiger charge is -2.32. The number of ether oxygens (including phenoxy) is 1. The van der Waals surface area contributed by atoms with Crippen LogP contribution in [0.25, 0.3) is 5.65 Å². The first-order valence-corrected chi connectivity index (χ1v) is 8.45. The van der Waals surface area contributed by atoms with Gasteiger partial charge in [0, 0.05) is 24.6 Å². The maximum Gasteiger partial charge on any atom is 0.228 e. The molecule has 0 radical (unpaired) electrons. The first kappa shape index (κ1) is 15.8. The van der Waals surface area contributed by atoms with Crippen molar-refractivity contribution in [2.24, 2.45) is 0 Å². The van der Waals surface area contributed by atoms with Crippen molar-refractivity contribution < 1.29 is 9.53 Å². The molecule has 1 saturated heterocycles. The summed E-state index contributed by atoms with van der Waals surface area (Å²) >= 11 is 0. The molecule has 3 aromatic rings. The molecule has 1 atom stereocenters. The topological polar surface area (TPSA) is 75.5 Å². The number of fused-ring (bicyclic) bond motifs is 1. The van der Waals surface area contributed by atoms with Crippen LogP contribution in [0.15, 0.2) is 30.6 Å². The number of nitrogens with one attached hydrogen (secondary N) is 1. The molecule has 1 fully saturated rings. The van der Waals surface area contributed by atoms with Crippen LogP contribution in [0.1, 0.15) is 29.0 Å². The molecule has 0 saturated carbocycles. The van der Waals surface area contributed by atoms with Gasteiger partial charge in [0.1, 0.15) is 17.6 Å². The minimum absolute atomic E-state index is 0.0883. The largest absolute Gasteiger partial charge is 0.367 e. The Kier molecular flexibility index (Phi) is 4.01. The highest BCUT2D eigenvalue weighted by atomic mass is 16.5. The molecule has 3 aromatic heterocycles. The summed E-state index contributed by atoms with van der Waals surface area (Å²) in [5.74, 6) is 0.867. The maximum absolute atomic E-state index is 12.8. The van der Waals surface area contributed by atoms with Gasteiger partial charge in [-0.25, -0.2) is 9.97 Å². The Bertz CT molecular complexity index is 913. The predicted octanol–water partition coefficient (Wildman–Crippen LogP) is 1.82. The number of hydrogen-bond acceptors (Lipinski definition) is 4. The van der Waals surface area contributed by atoms with Crippen LogP contribution in [0.5, 0.6) is 0 Å². The third-order valence-corrected chi connectivity index (χ3v) is 4.59. The average Bonchev–Trinajstić information content (AvgIpc) is 3.19. The molecular formula is C18H21N5O2. The van der Waals surface area contributed by atoms with E-state index >= 15 is 0 Å². The lowest BCUT2D eigenvalue weighted by Crippen LogP contribution is -2.43. The summed E-state index contributed by atoms with van der Waals surface area (Å²) < 4.78 is 7.77. The Balaban J connectivity index is 1.51. The molecular weight excluding hydrogens is 318 g/mol. The number of imidazole rings is 2. The Morgan fingerprint density at radius 1 is 1.40 bits per heavy atom. The van der Waals surface area contributed by atoms with Gasteiger partial charge in [-0.3, -0.25) is 4.79 Å². The van der Waals surface area contributed by atoms with E-state index in [9.17, 15) is 4.79 Å². The smallest absolute Gasteiger partial charge is 0.228 e. The second-order valence-corrected chi connectivity index (χ2v) is 6.40. The fraction of sp³-hybridized carbons (Fsp3) is 0.389. The minimum Gasteiger partial charge on any atom is -0.367 e. The summed E-state index contributed by atoms with van der Waals surface area (Å²) in [7, 11) is 0. The van der Waals surface area contributed by atoms with Gasteiger partial charge in [0.25, 0.3) is 0 Å². The van der Waals surface area contributed by atoms with Gasteiger partial charge in [-0.05, 0) is 26.0 Å². The molecule has 1 N–H and O–H groups in total. The fourth-order valence-electron chi connectivity index (χ4n) is 3.27. The van der Waals surface area contributed by atoms with Crippen LogP contribution in [-0.4, -0.2) is 49.9 Å². The first-order valence-electron chi connectivity index (χ1n) is 8.45. The molecule has 4 heterocycles. The molecule has 0 aromatic carbocycles. The van der Waals surface area contributed by atoms with Crippen molar-refractivity contribution in [3.8, 4) is 0 Å². The molecule has 1 amide bonds. The number of aryl methyl sites for hydroxylation is 2. The van der Waals surface area contributed by atoms with E-state index in [1.807, 2.05) is 47.5 Å². The van der Waals surface area contributed by atoms with Crippen LogP contribution in [0.2, 0.25) is 0 Å². The summed E-state index contributed by atoms with van der Waals surface area (Å²) in [4.78, 5) is 26.8. The number of pyridine rings is 1. The van der Waals surface area contributed by atoms with Gasteiger partial charge in [0.05, 0.1) is 31.0 Å². The number of rotatable bonds is 3. The zero-order valence-electron chi connectivity index (χ0n) is 14.4. The van der Waals surface area contributed by atoms with Gasteiger partial charge >= 0.3 is 0 Å². The second kappa shape index (κ2) is 6.33. The Morgan fingerprint density at radius 2 is 2.28 bits per heavy atom. The number of nitrogens with zero attached hydrogens (tertiary/aromatic N) is 4. The van der Waals surface area contributed by atoms with Crippen molar-refractivity contribution >= 4 is 11.6 Å². The Labute approximate surface area is 145 Å². The van der Waals surface area contributed by atoms with Crippen LogP contribution >= 0.6 is 0 Å². The van der Waals surface area contributed by atoms with E-state index in [1.54, 1.807) is 6.20 Å². The fourth-order valence-corrected chi connectivity index (χ4v) is 3.27. The standard InChI is InChI=1S/C18H21N5O2/c1-12-10-19-18(20-12)15-11-22(7-8-25-15)17(24)9-14-13(2)21-16-5-3-4-6-23(14)16/h3-6,10,15H,7-9,11H2,1-2H3,(H,19,20). The summed E-state index contributed by atoms with van der Waals surface area (Å²) in [5, 5.41) is 0. The van der Waals surface area contributed by atoms with Crippen LogP contribution in [0.4, 0.5) is 0 Å². The van der Waals surface area contributed by atoms with Gasteiger partial charge in [-0.15, -0.1) is 0 Å². The first-order chi connectivity index (χ1) is 12.1. The summed E-state index contributed by atoms with van der Waals surface area (Å²) in [6, 6.07) is 5.85. The van der Waals surface area contributed by atoms with E-state index in [0.29, 0.717) is 26.1 Å². The molecule has 0 aliphatic carbocycles. The molecule has 1 aliphatic rings. The number of carbonyl (C=O) groups excluding carboxylic acids is 1. The summed E-state index contributed by atoms with van der Waals surface area (Å²) in [5.41, 5.74) is 3.70. The van der Waals surface area contributed by atoms with E-state index in [4.69, 9.17) is 4.74 Å². The monoisotopic (exact) mass is 339 g/mol. The predicted molar refractivity (Wildman–Crippen MR) is 92.2 cm³/mol. The minimum atomic E-state index is -0.199. The number of hydrogen-bond donors (Lipinski definition) is 1. The molecule has 4 rings (SSSR count). The number of morpholine rings is 1. The van der Waals surface area contributed by atoms with E-state index in [2.05, 4.69) is 15.0 Å². The second-order valence-electron chi connectivity index (χ2n) is 6.40. The summed E-state index contributed by atoms with van der Waals surface area (Å²) in [6.07, 6.45) is 3.86. The van der Waals surface area contributed by atoms with E-state index < -0.39 is 0 Å². The highest BCUT2D eigenvalue weighted by Crippen LogP contribution is 2.21.